The van der Waals surface area contributed by atoms with Gasteiger partial charge in [-0.2, -0.15) is 4.80 Å². The van der Waals surface area contributed by atoms with Gasteiger partial charge in [0.15, 0.2) is 11.6 Å². The Balaban J connectivity index is 1.36. The van der Waals surface area contributed by atoms with E-state index in [1.54, 1.807) is 4.80 Å². The molecule has 0 radical (unpaired) electrons. The van der Waals surface area contributed by atoms with E-state index in [1.807, 2.05) is 17.7 Å². The summed E-state index contributed by atoms with van der Waals surface area (Å²) < 4.78 is 2.05. The lowest BCUT2D eigenvalue weighted by molar-refractivity contribution is 0.331. The van der Waals surface area contributed by atoms with Crippen molar-refractivity contribution in [1.82, 2.24) is 35.0 Å². The molecule has 5 rings (SSSR count). The molecular weight excluding hydrogens is 328 g/mol. The lowest BCUT2D eigenvalue weighted by Gasteiger charge is -2.31. The van der Waals surface area contributed by atoms with Crippen molar-refractivity contribution in [3.63, 3.8) is 0 Å². The highest BCUT2D eigenvalue weighted by atomic mass is 15.6. The highest BCUT2D eigenvalue weighted by Gasteiger charge is 2.49. The van der Waals surface area contributed by atoms with Crippen molar-refractivity contribution in [3.05, 3.63) is 53.4 Å². The summed E-state index contributed by atoms with van der Waals surface area (Å²) in [5.41, 5.74) is 7.10. The van der Waals surface area contributed by atoms with Crippen molar-refractivity contribution < 1.29 is 0 Å². The summed E-state index contributed by atoms with van der Waals surface area (Å²) in [5.74, 6) is 3.07. The molecule has 2 saturated carbocycles. The van der Waals surface area contributed by atoms with Crippen LogP contribution >= 0.6 is 0 Å². The van der Waals surface area contributed by atoms with Crippen LogP contribution in [0.15, 0.2) is 30.3 Å². The molecule has 0 unspecified atom stereocenters. The van der Waals surface area contributed by atoms with Gasteiger partial charge in [-0.05, 0) is 36.5 Å². The molecule has 2 aliphatic carbocycles. The molecule has 2 N–H and O–H groups in total. The number of aromatic nitrogens is 7. The maximum absolute atomic E-state index is 5.89. The summed E-state index contributed by atoms with van der Waals surface area (Å²) in [4.78, 5) is 1.62. The third-order valence-corrected chi connectivity index (χ3v) is 5.78. The predicted molar refractivity (Wildman–Crippen MR) is 94.3 cm³/mol. The molecule has 8 heteroatoms. The first-order valence-corrected chi connectivity index (χ1v) is 9.13. The molecule has 1 aromatic carbocycles. The van der Waals surface area contributed by atoms with Crippen LogP contribution in [0.2, 0.25) is 0 Å². The second kappa shape index (κ2) is 5.70. The van der Waals surface area contributed by atoms with E-state index in [9.17, 15) is 0 Å². The first kappa shape index (κ1) is 15.6. The number of tetrazole rings is 1. The Morgan fingerprint density at radius 3 is 2.58 bits per heavy atom. The second-order valence-electron chi connectivity index (χ2n) is 7.55. The van der Waals surface area contributed by atoms with Gasteiger partial charge in [0.2, 0.25) is 0 Å². The zero-order valence-electron chi connectivity index (χ0n) is 14.8. The molecule has 2 aromatic heterocycles. The monoisotopic (exact) mass is 350 g/mol. The first-order chi connectivity index (χ1) is 12.7. The van der Waals surface area contributed by atoms with Crippen LogP contribution in [0.25, 0.3) is 0 Å². The fourth-order valence-corrected chi connectivity index (χ4v) is 3.89. The summed E-state index contributed by atoms with van der Waals surface area (Å²) >= 11 is 0. The molecule has 2 heterocycles. The average molecular weight is 350 g/mol. The molecule has 26 heavy (non-hydrogen) atoms. The van der Waals surface area contributed by atoms with E-state index < -0.39 is 0 Å². The fraction of sp³-hybridized carbons (Fsp3) is 0.500. The van der Waals surface area contributed by atoms with Crippen LogP contribution in [-0.4, -0.2) is 41.0 Å². The van der Waals surface area contributed by atoms with Crippen LogP contribution in [-0.2, 0) is 19.0 Å². The normalized spacial score (nSPS) is 23.6. The third kappa shape index (κ3) is 2.44. The van der Waals surface area contributed by atoms with Crippen LogP contribution in [0.3, 0.4) is 0 Å². The largest absolute Gasteiger partial charge is 0.328 e. The van der Waals surface area contributed by atoms with Gasteiger partial charge in [-0.25, -0.2) is 0 Å². The highest BCUT2D eigenvalue weighted by molar-refractivity contribution is 5.38. The van der Waals surface area contributed by atoms with E-state index in [2.05, 4.69) is 49.9 Å². The summed E-state index contributed by atoms with van der Waals surface area (Å²) in [6, 6.07) is 10.7. The number of nitrogens with two attached hydrogens (primary N) is 1. The number of nitrogens with zero attached hydrogens (tertiary/aromatic N) is 7. The van der Waals surface area contributed by atoms with Crippen LogP contribution in [0.5, 0.6) is 0 Å². The smallest absolute Gasteiger partial charge is 0.185 e. The van der Waals surface area contributed by atoms with E-state index in [1.165, 1.54) is 5.56 Å². The summed E-state index contributed by atoms with van der Waals surface area (Å²) in [7, 11) is 2.00. The Labute approximate surface area is 151 Å². The molecule has 0 aliphatic heterocycles. The van der Waals surface area contributed by atoms with E-state index >= 15 is 0 Å². The molecule has 0 amide bonds. The van der Waals surface area contributed by atoms with Gasteiger partial charge in [0.1, 0.15) is 12.4 Å². The molecule has 0 atom stereocenters. The standard InChI is InChI=1S/C18H22N8/c1-25-15(20-21-16(25)12-9-14(19)10-12)11-26-23-17(22-24-26)18(7-8-18)13-5-3-2-4-6-13/h2-6,12,14H,7-11,19H2,1H3. The Hall–Kier alpha value is -2.61. The third-order valence-electron chi connectivity index (χ3n) is 5.78. The average Bonchev–Trinajstić information content (AvgIpc) is 3.19. The van der Waals surface area contributed by atoms with Crippen molar-refractivity contribution in [2.75, 3.05) is 0 Å². The number of hydrogen-bond donors (Lipinski definition) is 1. The van der Waals surface area contributed by atoms with E-state index in [4.69, 9.17) is 5.73 Å². The minimum Gasteiger partial charge on any atom is -0.328 e. The lowest BCUT2D eigenvalue weighted by atomic mass is 9.80. The fourth-order valence-electron chi connectivity index (χ4n) is 3.89. The topological polar surface area (TPSA) is 100 Å². The molecule has 0 spiro atoms. The van der Waals surface area contributed by atoms with Gasteiger partial charge < -0.3 is 10.3 Å². The number of benzene rings is 1. The van der Waals surface area contributed by atoms with Gasteiger partial charge in [0.25, 0.3) is 0 Å². The second-order valence-corrected chi connectivity index (χ2v) is 7.55. The molecular formula is C18H22N8. The molecule has 8 nitrogen and oxygen atoms in total. The number of hydrogen-bond acceptors (Lipinski definition) is 6. The van der Waals surface area contributed by atoms with Gasteiger partial charge in [0.05, 0.1) is 5.41 Å². The van der Waals surface area contributed by atoms with Gasteiger partial charge in [-0.1, -0.05) is 30.3 Å². The van der Waals surface area contributed by atoms with Gasteiger partial charge in [-0.15, -0.1) is 20.4 Å². The molecule has 0 bridgehead atoms. The van der Waals surface area contributed by atoms with Crippen molar-refractivity contribution in [2.45, 2.75) is 49.6 Å². The van der Waals surface area contributed by atoms with Crippen LogP contribution in [0.4, 0.5) is 0 Å². The van der Waals surface area contributed by atoms with Crippen molar-refractivity contribution in [1.29, 1.82) is 0 Å². The summed E-state index contributed by atoms with van der Waals surface area (Å²) in [6.45, 7) is 0.472. The highest BCUT2D eigenvalue weighted by Crippen LogP contribution is 2.51. The van der Waals surface area contributed by atoms with E-state index in [-0.39, 0.29) is 5.41 Å². The quantitative estimate of drug-likeness (QED) is 0.740. The maximum atomic E-state index is 5.89. The SMILES string of the molecule is Cn1c(Cn2nnc(C3(c4ccccc4)CC3)n2)nnc1C1CC(N)C1. The van der Waals surface area contributed by atoms with Crippen molar-refractivity contribution >= 4 is 0 Å². The van der Waals surface area contributed by atoms with Crippen LogP contribution in [0, 0.1) is 0 Å². The van der Waals surface area contributed by atoms with Gasteiger partial charge in [0, 0.05) is 19.0 Å². The Bertz CT molecular complexity index is 918. The minimum absolute atomic E-state index is 0.0629. The van der Waals surface area contributed by atoms with Crippen LogP contribution in [0.1, 0.15) is 54.6 Å². The summed E-state index contributed by atoms with van der Waals surface area (Å²) in [6.07, 6.45) is 4.10. The van der Waals surface area contributed by atoms with Crippen molar-refractivity contribution in [2.24, 2.45) is 12.8 Å². The van der Waals surface area contributed by atoms with E-state index in [0.717, 1.165) is 43.2 Å². The minimum atomic E-state index is -0.0629. The van der Waals surface area contributed by atoms with Gasteiger partial charge >= 0.3 is 0 Å². The van der Waals surface area contributed by atoms with Gasteiger partial charge in [-0.3, -0.25) is 0 Å². The lowest BCUT2D eigenvalue weighted by Crippen LogP contribution is -2.36. The molecule has 2 fully saturated rings. The summed E-state index contributed by atoms with van der Waals surface area (Å²) in [5, 5.41) is 21.9. The molecule has 134 valence electrons. The Kier molecular flexibility index (Phi) is 3.43. The molecule has 3 aromatic rings. The maximum Gasteiger partial charge on any atom is 0.185 e. The Morgan fingerprint density at radius 2 is 1.88 bits per heavy atom. The zero-order valence-corrected chi connectivity index (χ0v) is 14.8. The van der Waals surface area contributed by atoms with E-state index in [0.29, 0.717) is 18.5 Å². The number of rotatable bonds is 5. The predicted octanol–water partition coefficient (Wildman–Crippen LogP) is 1.13. The van der Waals surface area contributed by atoms with Crippen molar-refractivity contribution in [3.8, 4) is 0 Å². The zero-order chi connectivity index (χ0) is 17.7. The first-order valence-electron chi connectivity index (χ1n) is 9.13. The molecule has 0 saturated heterocycles. The molecule has 2 aliphatic rings. The van der Waals surface area contributed by atoms with Crippen LogP contribution < -0.4 is 5.73 Å². The Morgan fingerprint density at radius 1 is 1.12 bits per heavy atom.